The van der Waals surface area contributed by atoms with Crippen LogP contribution in [0.15, 0.2) is 97.1 Å². The topological polar surface area (TPSA) is 306 Å². The summed E-state index contributed by atoms with van der Waals surface area (Å²) in [5.41, 5.74) is 4.07. The van der Waals surface area contributed by atoms with Gasteiger partial charge in [-0.3, -0.25) is 57.7 Å². The van der Waals surface area contributed by atoms with E-state index in [1.165, 1.54) is 0 Å². The number of carbonyl (C=O) groups is 12. The number of amides is 8. The smallest absolute Gasteiger partial charge is 0.326 e. The lowest BCUT2D eigenvalue weighted by Gasteiger charge is -2.33. The van der Waals surface area contributed by atoms with Crippen LogP contribution in [0.3, 0.4) is 0 Å². The zero-order valence-electron chi connectivity index (χ0n) is 63.6. The molecule has 2 aromatic rings. The third kappa shape index (κ3) is 30.4. The van der Waals surface area contributed by atoms with Crippen molar-refractivity contribution in [2.24, 2.45) is 53.3 Å². The highest BCUT2D eigenvalue weighted by molar-refractivity contribution is 6.08. The molecule has 6 unspecified atom stereocenters. The Labute approximate surface area is 606 Å². The Morgan fingerprint density at radius 2 is 0.941 bits per heavy atom. The van der Waals surface area contributed by atoms with Gasteiger partial charge < -0.3 is 41.3 Å². The molecule has 564 valence electrons. The molecule has 6 atom stereocenters. The van der Waals surface area contributed by atoms with E-state index in [1.807, 2.05) is 105 Å². The first-order valence-electron chi connectivity index (χ1n) is 36.7. The molecule has 2 aliphatic heterocycles. The van der Waals surface area contributed by atoms with E-state index in [-0.39, 0.29) is 122 Å². The van der Waals surface area contributed by atoms with Crippen molar-refractivity contribution in [2.75, 3.05) is 50.7 Å². The summed E-state index contributed by atoms with van der Waals surface area (Å²) in [5.74, 6) is -5.80. The van der Waals surface area contributed by atoms with Crippen LogP contribution in [0, 0.1) is 53.3 Å². The summed E-state index contributed by atoms with van der Waals surface area (Å²) in [6.45, 7) is 33.2. The maximum Gasteiger partial charge on any atom is 0.326 e. The number of rotatable bonds is 44. The minimum Gasteiger partial charge on any atom is -0.480 e. The predicted molar refractivity (Wildman–Crippen MR) is 398 cm³/mol. The Balaban J connectivity index is 0.000000530. The Morgan fingerprint density at radius 3 is 1.35 bits per heavy atom. The van der Waals surface area contributed by atoms with Crippen LogP contribution in [0.1, 0.15) is 204 Å². The molecular formula is C80H120N8O14. The summed E-state index contributed by atoms with van der Waals surface area (Å²) < 4.78 is 0. The van der Waals surface area contributed by atoms with Crippen molar-refractivity contribution in [3.8, 4) is 0 Å². The van der Waals surface area contributed by atoms with E-state index >= 15 is 0 Å². The number of carbonyl (C=O) groups excluding carboxylic acids is 10. The Morgan fingerprint density at radius 1 is 0.520 bits per heavy atom. The molecule has 22 nitrogen and oxygen atoms in total. The van der Waals surface area contributed by atoms with Crippen LogP contribution in [0.2, 0.25) is 0 Å². The van der Waals surface area contributed by atoms with E-state index in [0.29, 0.717) is 63.7 Å². The van der Waals surface area contributed by atoms with Crippen LogP contribution in [0.25, 0.3) is 0 Å². The highest BCUT2D eigenvalue weighted by Gasteiger charge is 2.43. The number of ketones is 2. The fraction of sp³-hybridized carbons (Fsp3) is 0.600. The number of likely N-dealkylation sites (tertiary alicyclic amines) is 2. The molecule has 8 amide bonds. The summed E-state index contributed by atoms with van der Waals surface area (Å²) in [4.78, 5) is 157. The molecule has 2 heterocycles. The SMILES string of the molecule is CC(C)/C=C\C=C/C(C(C)C)N(Cc1ccccc1C(C)C)C(=O)CC(=O)CNCCCCC(NC(=O)CN1C(=O)CC(C(C)C)C1=O)C(=O)O.CC(C)/C=C\C=C/C(CN(C(=O)CC(=O)CNCCCCC(NC(=O)CN1C(=O)CC(C(C)C)C1=O)C(=O)O)c1ccccc1C(C)C)C(C)C. The number of carboxylic acids is 2. The molecule has 2 fully saturated rings. The number of aliphatic carboxylic acids is 2. The third-order valence-electron chi connectivity index (χ3n) is 18.2. The molecule has 2 aliphatic rings. The molecule has 0 radical (unpaired) electrons. The van der Waals surface area contributed by atoms with Gasteiger partial charge in [-0.2, -0.15) is 0 Å². The number of hydrogen-bond donors (Lipinski definition) is 6. The number of nitrogens with zero attached hydrogens (tertiary/aromatic N) is 4. The number of anilines is 1. The molecule has 6 N–H and O–H groups in total. The quantitative estimate of drug-likeness (QED) is 0.0155. The predicted octanol–water partition coefficient (Wildman–Crippen LogP) is 10.8. The minimum atomic E-state index is -1.21. The average Bonchev–Trinajstić information content (AvgIpc) is 1.53. The summed E-state index contributed by atoms with van der Waals surface area (Å²) in [5, 5.41) is 30.2. The van der Waals surface area contributed by atoms with E-state index in [1.54, 1.807) is 4.90 Å². The number of unbranched alkanes of at least 4 members (excludes halogenated alkanes) is 2. The zero-order chi connectivity index (χ0) is 76.5. The molecule has 0 aromatic heterocycles. The van der Waals surface area contributed by atoms with E-state index in [0.717, 1.165) is 32.2 Å². The number of imide groups is 2. The summed E-state index contributed by atoms with van der Waals surface area (Å²) >= 11 is 0. The van der Waals surface area contributed by atoms with Crippen molar-refractivity contribution in [1.29, 1.82) is 0 Å². The lowest BCUT2D eigenvalue weighted by Crippen LogP contribution is -2.47. The minimum absolute atomic E-state index is 0.00414. The van der Waals surface area contributed by atoms with Gasteiger partial charge in [0.2, 0.25) is 47.3 Å². The van der Waals surface area contributed by atoms with Crippen molar-refractivity contribution >= 4 is 76.4 Å². The van der Waals surface area contributed by atoms with Gasteiger partial charge in [0.1, 0.15) is 25.2 Å². The van der Waals surface area contributed by atoms with Crippen LogP contribution in [0.5, 0.6) is 0 Å². The van der Waals surface area contributed by atoms with Crippen LogP contribution < -0.4 is 26.2 Å². The number of benzene rings is 2. The number of allylic oxidation sites excluding steroid dienone is 6. The highest BCUT2D eigenvalue weighted by Crippen LogP contribution is 2.32. The molecule has 0 bridgehead atoms. The summed E-state index contributed by atoms with van der Waals surface area (Å²) in [7, 11) is 0. The van der Waals surface area contributed by atoms with Crippen molar-refractivity contribution < 1.29 is 67.7 Å². The monoisotopic (exact) mass is 1420 g/mol. The Bertz CT molecular complexity index is 3250. The molecule has 2 aromatic carbocycles. The number of Topliss-reactive ketones (excluding diaryl/α,β-unsaturated/α-hetero) is 2. The second-order valence-electron chi connectivity index (χ2n) is 29.7. The van der Waals surface area contributed by atoms with Crippen molar-refractivity contribution in [2.45, 2.75) is 211 Å². The zero-order valence-corrected chi connectivity index (χ0v) is 63.6. The first-order valence-corrected chi connectivity index (χ1v) is 36.7. The van der Waals surface area contributed by atoms with Gasteiger partial charge in [-0.15, -0.1) is 0 Å². The fourth-order valence-corrected chi connectivity index (χ4v) is 12.1. The van der Waals surface area contributed by atoms with Crippen molar-refractivity contribution in [3.05, 3.63) is 114 Å². The van der Waals surface area contributed by atoms with Crippen LogP contribution in [-0.2, 0) is 64.1 Å². The van der Waals surface area contributed by atoms with E-state index < -0.39 is 84.4 Å². The average molecular weight is 1420 g/mol. The summed E-state index contributed by atoms with van der Waals surface area (Å²) in [6.07, 6.45) is 18.2. The molecule has 22 heteroatoms. The van der Waals surface area contributed by atoms with Crippen LogP contribution in [-0.4, -0.2) is 160 Å². The van der Waals surface area contributed by atoms with Gasteiger partial charge in [0.25, 0.3) is 0 Å². The lowest BCUT2D eigenvalue weighted by atomic mass is 9.93. The van der Waals surface area contributed by atoms with Crippen LogP contribution >= 0.6 is 0 Å². The fourth-order valence-electron chi connectivity index (χ4n) is 12.1. The van der Waals surface area contributed by atoms with Gasteiger partial charge in [0.05, 0.1) is 32.0 Å². The Kier molecular flexibility index (Phi) is 38.8. The van der Waals surface area contributed by atoms with Gasteiger partial charge in [-0.05, 0) is 128 Å². The molecule has 102 heavy (non-hydrogen) atoms. The second kappa shape index (κ2) is 45.0. The van der Waals surface area contributed by atoms with Gasteiger partial charge in [0, 0.05) is 43.5 Å². The van der Waals surface area contributed by atoms with Gasteiger partial charge in [-0.1, -0.05) is 202 Å². The highest BCUT2D eigenvalue weighted by atomic mass is 16.4. The van der Waals surface area contributed by atoms with E-state index in [2.05, 4.69) is 129 Å². The first-order chi connectivity index (χ1) is 48.1. The largest absolute Gasteiger partial charge is 0.480 e. The maximum atomic E-state index is 13.8. The standard InChI is InChI=1S/2C40H60N4O7/c1-26(2)15-9-12-19-35(29(7)8)43(24-30-16-10-11-17-32(30)27(3)4)37(47)21-31(45)23-41-20-14-13-18-34(40(50)51)42-36(46)25-44-38(48)22-33(28(5)6)39(44)49;1-26(2)15-9-10-16-30(27(3)4)24-43(35-19-12-11-17-32(35)28(5)6)37(47)21-31(45)23-41-20-14-13-18-34(40(50)51)42-36(46)25-44-38(48)22-33(29(7)8)39(44)49/h9-12,15-17,19,26-29,33-35,41H,13-14,18,20-25H2,1-8H3,(H,42,46)(H,50,51);9-12,15-17,19,26-30,33-34,41H,13-14,18,20-25H2,1-8H3,(H,42,46)(H,50,51)/b15-9-,19-12-;15-9-,16-10-. The molecular weight excluding hydrogens is 1300 g/mol. The van der Waals surface area contributed by atoms with Crippen molar-refractivity contribution in [1.82, 2.24) is 36.0 Å². The first kappa shape index (κ1) is 88.0. The molecule has 0 spiro atoms. The maximum absolute atomic E-state index is 13.8. The third-order valence-corrected chi connectivity index (χ3v) is 18.2. The van der Waals surface area contributed by atoms with Gasteiger partial charge >= 0.3 is 11.9 Å². The number of nitrogens with one attached hydrogen (secondary N) is 4. The second-order valence-corrected chi connectivity index (χ2v) is 29.7. The Hall–Kier alpha value is -8.24. The van der Waals surface area contributed by atoms with Crippen molar-refractivity contribution in [3.63, 3.8) is 0 Å². The number of hydrogen-bond acceptors (Lipinski definition) is 14. The number of carboxylic acid groups (broad SMARTS) is 2. The number of para-hydroxylation sites is 1. The van der Waals surface area contributed by atoms with Gasteiger partial charge in [-0.25, -0.2) is 9.59 Å². The van der Waals surface area contributed by atoms with Crippen LogP contribution in [0.4, 0.5) is 5.69 Å². The normalized spacial score (nSPS) is 16.3. The van der Waals surface area contributed by atoms with E-state index in [4.69, 9.17) is 0 Å². The molecule has 0 saturated carbocycles. The molecule has 4 rings (SSSR count). The van der Waals surface area contributed by atoms with E-state index in [9.17, 15) is 67.7 Å². The lowest BCUT2D eigenvalue weighted by molar-refractivity contribution is -0.146. The molecule has 0 aliphatic carbocycles. The van der Waals surface area contributed by atoms with Gasteiger partial charge in [0.15, 0.2) is 11.6 Å². The summed E-state index contributed by atoms with van der Waals surface area (Å²) in [6, 6.07) is 13.3. The molecule has 2 saturated heterocycles.